The molecule has 0 bridgehead atoms. The number of anilines is 1. The molecule has 0 heterocycles. The molecule has 0 fully saturated rings. The first-order chi connectivity index (χ1) is 14.4. The largest absolute Gasteiger partial charge is 0.444 e. The van der Waals surface area contributed by atoms with Crippen molar-refractivity contribution in [2.45, 2.75) is 20.0 Å². The fourth-order valence-corrected chi connectivity index (χ4v) is 2.99. The molecule has 4 nitrogen and oxygen atoms in total. The molecule has 0 radical (unpaired) electrons. The molecule has 3 aromatic rings. The van der Waals surface area contributed by atoms with Crippen molar-refractivity contribution in [3.05, 3.63) is 106 Å². The van der Waals surface area contributed by atoms with Crippen LogP contribution in [0.25, 0.3) is 6.08 Å². The molecule has 0 saturated heterocycles. The number of hydrogen-bond donors (Lipinski definition) is 1. The van der Waals surface area contributed by atoms with Crippen LogP contribution in [0, 0.1) is 13.8 Å². The summed E-state index contributed by atoms with van der Waals surface area (Å²) < 4.78 is 5.52. The molecule has 0 unspecified atom stereocenters. The highest BCUT2D eigenvalue weighted by molar-refractivity contribution is 6.30. The van der Waals surface area contributed by atoms with Crippen molar-refractivity contribution in [1.29, 1.82) is 0 Å². The van der Waals surface area contributed by atoms with E-state index in [1.165, 1.54) is 6.08 Å². The number of ether oxygens (including phenoxy) is 1. The molecular formula is C25H22ClNO3. The number of amides is 1. The first kappa shape index (κ1) is 21.3. The minimum Gasteiger partial charge on any atom is -0.444 e. The molecule has 1 amide bonds. The van der Waals surface area contributed by atoms with Gasteiger partial charge in [-0.15, -0.1) is 0 Å². The minimum absolute atomic E-state index is 0.414. The van der Waals surface area contributed by atoms with E-state index in [0.29, 0.717) is 16.3 Å². The number of carbonyl (C=O) groups is 2. The molecule has 0 aliphatic rings. The maximum absolute atomic E-state index is 13.0. The van der Waals surface area contributed by atoms with E-state index >= 15 is 0 Å². The Balaban J connectivity index is 1.78. The molecule has 0 aliphatic carbocycles. The smallest absolute Gasteiger partial charge is 0.331 e. The lowest BCUT2D eigenvalue weighted by molar-refractivity contribution is -0.149. The average Bonchev–Trinajstić information content (AvgIpc) is 2.74. The molecule has 30 heavy (non-hydrogen) atoms. The van der Waals surface area contributed by atoms with Gasteiger partial charge in [0, 0.05) is 22.3 Å². The predicted molar refractivity (Wildman–Crippen MR) is 120 cm³/mol. The maximum atomic E-state index is 13.0. The minimum atomic E-state index is -1.08. The van der Waals surface area contributed by atoms with Crippen LogP contribution in [-0.4, -0.2) is 11.9 Å². The van der Waals surface area contributed by atoms with Gasteiger partial charge in [0.05, 0.1) is 0 Å². The summed E-state index contributed by atoms with van der Waals surface area (Å²) >= 11 is 5.87. The summed E-state index contributed by atoms with van der Waals surface area (Å²) in [6, 6.07) is 21.8. The van der Waals surface area contributed by atoms with Crippen molar-refractivity contribution in [3.8, 4) is 0 Å². The van der Waals surface area contributed by atoms with E-state index in [1.54, 1.807) is 54.6 Å². The van der Waals surface area contributed by atoms with E-state index in [-0.39, 0.29) is 0 Å². The van der Waals surface area contributed by atoms with Crippen molar-refractivity contribution >= 4 is 35.2 Å². The van der Waals surface area contributed by atoms with Gasteiger partial charge in [0.25, 0.3) is 5.91 Å². The third-order valence-electron chi connectivity index (χ3n) is 4.51. The van der Waals surface area contributed by atoms with Crippen LogP contribution < -0.4 is 5.32 Å². The van der Waals surface area contributed by atoms with Crippen LogP contribution in [0.2, 0.25) is 5.02 Å². The zero-order valence-corrected chi connectivity index (χ0v) is 17.5. The highest BCUT2D eigenvalue weighted by Crippen LogP contribution is 2.23. The van der Waals surface area contributed by atoms with E-state index < -0.39 is 18.0 Å². The van der Waals surface area contributed by atoms with Crippen LogP contribution >= 0.6 is 11.6 Å². The Morgan fingerprint density at radius 1 is 0.967 bits per heavy atom. The Bertz CT molecular complexity index is 1060. The van der Waals surface area contributed by atoms with Gasteiger partial charge in [-0.05, 0) is 54.8 Å². The quantitative estimate of drug-likeness (QED) is 0.400. The SMILES string of the molecule is Cc1ccc(C)c(NC(=O)[C@H](OC(=O)/C=C/c2ccc(Cl)cc2)c2ccccc2)c1. The Morgan fingerprint density at radius 2 is 1.67 bits per heavy atom. The predicted octanol–water partition coefficient (Wildman–Crippen LogP) is 5.89. The van der Waals surface area contributed by atoms with Gasteiger partial charge in [0.1, 0.15) is 0 Å². The van der Waals surface area contributed by atoms with Crippen LogP contribution in [0.3, 0.4) is 0 Å². The third-order valence-corrected chi connectivity index (χ3v) is 4.76. The van der Waals surface area contributed by atoms with Crippen LogP contribution in [0.5, 0.6) is 0 Å². The second-order valence-electron chi connectivity index (χ2n) is 6.92. The van der Waals surface area contributed by atoms with Crippen LogP contribution in [-0.2, 0) is 14.3 Å². The van der Waals surface area contributed by atoms with E-state index in [2.05, 4.69) is 5.32 Å². The highest BCUT2D eigenvalue weighted by atomic mass is 35.5. The molecule has 3 rings (SSSR count). The third kappa shape index (κ3) is 5.82. The zero-order chi connectivity index (χ0) is 21.5. The highest BCUT2D eigenvalue weighted by Gasteiger charge is 2.24. The monoisotopic (exact) mass is 419 g/mol. The Morgan fingerprint density at radius 3 is 2.37 bits per heavy atom. The van der Waals surface area contributed by atoms with E-state index in [4.69, 9.17) is 16.3 Å². The Labute approximate surface area is 181 Å². The molecule has 1 atom stereocenters. The Hall–Kier alpha value is -3.37. The topological polar surface area (TPSA) is 55.4 Å². The second-order valence-corrected chi connectivity index (χ2v) is 7.36. The van der Waals surface area contributed by atoms with Gasteiger partial charge in [-0.3, -0.25) is 4.79 Å². The van der Waals surface area contributed by atoms with E-state index in [9.17, 15) is 9.59 Å². The fraction of sp³-hybridized carbons (Fsp3) is 0.120. The maximum Gasteiger partial charge on any atom is 0.331 e. The van der Waals surface area contributed by atoms with Gasteiger partial charge in [0.15, 0.2) is 0 Å². The lowest BCUT2D eigenvalue weighted by atomic mass is 10.1. The molecule has 1 N–H and O–H groups in total. The average molecular weight is 420 g/mol. The van der Waals surface area contributed by atoms with Crippen LogP contribution in [0.4, 0.5) is 5.69 Å². The zero-order valence-electron chi connectivity index (χ0n) is 16.8. The first-order valence-corrected chi connectivity index (χ1v) is 9.87. The van der Waals surface area contributed by atoms with E-state index in [0.717, 1.165) is 16.7 Å². The molecule has 0 spiro atoms. The Kier molecular flexibility index (Phi) is 7.04. The summed E-state index contributed by atoms with van der Waals surface area (Å²) in [5.74, 6) is -1.03. The van der Waals surface area contributed by atoms with Crippen molar-refractivity contribution < 1.29 is 14.3 Å². The summed E-state index contributed by atoms with van der Waals surface area (Å²) in [5, 5.41) is 3.49. The van der Waals surface area contributed by atoms with Gasteiger partial charge in [-0.1, -0.05) is 66.2 Å². The van der Waals surface area contributed by atoms with Crippen LogP contribution in [0.1, 0.15) is 28.4 Å². The fourth-order valence-electron chi connectivity index (χ4n) is 2.86. The van der Waals surface area contributed by atoms with Gasteiger partial charge < -0.3 is 10.1 Å². The van der Waals surface area contributed by atoms with Crippen molar-refractivity contribution in [3.63, 3.8) is 0 Å². The van der Waals surface area contributed by atoms with Gasteiger partial charge in [-0.2, -0.15) is 0 Å². The van der Waals surface area contributed by atoms with Gasteiger partial charge in [-0.25, -0.2) is 4.79 Å². The molecule has 3 aromatic carbocycles. The number of hydrogen-bond acceptors (Lipinski definition) is 3. The molecule has 0 aliphatic heterocycles. The number of nitrogens with one attached hydrogen (secondary N) is 1. The van der Waals surface area contributed by atoms with Crippen molar-refractivity contribution in [2.75, 3.05) is 5.32 Å². The molecular weight excluding hydrogens is 398 g/mol. The van der Waals surface area contributed by atoms with Crippen molar-refractivity contribution in [2.24, 2.45) is 0 Å². The first-order valence-electron chi connectivity index (χ1n) is 9.50. The summed E-state index contributed by atoms with van der Waals surface area (Å²) in [6.07, 6.45) is 1.83. The number of rotatable bonds is 6. The number of aryl methyl sites for hydroxylation is 2. The van der Waals surface area contributed by atoms with Gasteiger partial charge >= 0.3 is 5.97 Å². The lowest BCUT2D eigenvalue weighted by Gasteiger charge is -2.18. The number of carbonyl (C=O) groups excluding carboxylic acids is 2. The molecule has 0 saturated carbocycles. The van der Waals surface area contributed by atoms with Crippen LogP contribution in [0.15, 0.2) is 78.9 Å². The standard InChI is InChI=1S/C25H22ClNO3/c1-17-8-9-18(2)22(16-17)27-25(29)24(20-6-4-3-5-7-20)30-23(28)15-12-19-10-13-21(26)14-11-19/h3-16,24H,1-2H3,(H,27,29)/b15-12+/t24-/m1/s1. The number of benzene rings is 3. The van der Waals surface area contributed by atoms with E-state index in [1.807, 2.05) is 38.1 Å². The summed E-state index contributed by atoms with van der Waals surface area (Å²) in [4.78, 5) is 25.4. The summed E-state index contributed by atoms with van der Waals surface area (Å²) in [6.45, 7) is 3.86. The lowest BCUT2D eigenvalue weighted by Crippen LogP contribution is -2.25. The van der Waals surface area contributed by atoms with Gasteiger partial charge in [0.2, 0.25) is 6.10 Å². The summed E-state index contributed by atoms with van der Waals surface area (Å²) in [5.41, 5.74) is 4.03. The second kappa shape index (κ2) is 9.90. The molecule has 5 heteroatoms. The number of esters is 1. The normalized spacial score (nSPS) is 11.8. The van der Waals surface area contributed by atoms with Crippen molar-refractivity contribution in [1.82, 2.24) is 0 Å². The number of halogens is 1. The molecule has 0 aromatic heterocycles. The summed E-state index contributed by atoms with van der Waals surface area (Å²) in [7, 11) is 0. The molecule has 152 valence electrons.